The van der Waals surface area contributed by atoms with Crippen molar-refractivity contribution >= 4 is 43.8 Å². The summed E-state index contributed by atoms with van der Waals surface area (Å²) in [4.78, 5) is 20.5. The van der Waals surface area contributed by atoms with Crippen LogP contribution in [0.25, 0.3) is 26.6 Å². The zero-order valence-corrected chi connectivity index (χ0v) is 16.8. The third-order valence-corrected chi connectivity index (χ3v) is 6.68. The SMILES string of the molecule is COCCNc1nn2c(=O)c3c4c(sc3nc2c2ccccc12)C[C@@H](C)CC4. The van der Waals surface area contributed by atoms with Crippen molar-refractivity contribution in [3.8, 4) is 0 Å². The minimum absolute atomic E-state index is 0.0624. The molecule has 0 bridgehead atoms. The molecule has 28 heavy (non-hydrogen) atoms. The lowest BCUT2D eigenvalue weighted by molar-refractivity contribution is 0.210. The van der Waals surface area contributed by atoms with Gasteiger partial charge in [0.25, 0.3) is 5.56 Å². The Labute approximate surface area is 166 Å². The van der Waals surface area contributed by atoms with Crippen LogP contribution < -0.4 is 10.9 Å². The van der Waals surface area contributed by atoms with E-state index in [-0.39, 0.29) is 5.56 Å². The summed E-state index contributed by atoms with van der Waals surface area (Å²) in [5, 5.41) is 10.6. The molecule has 1 aliphatic carbocycles. The van der Waals surface area contributed by atoms with Crippen molar-refractivity contribution in [2.45, 2.75) is 26.2 Å². The van der Waals surface area contributed by atoms with Gasteiger partial charge in [0, 0.05) is 29.3 Å². The van der Waals surface area contributed by atoms with Crippen molar-refractivity contribution < 1.29 is 4.74 Å². The van der Waals surface area contributed by atoms with Crippen LogP contribution >= 0.6 is 11.3 Å². The van der Waals surface area contributed by atoms with Crippen molar-refractivity contribution in [1.29, 1.82) is 0 Å². The number of fused-ring (bicyclic) bond motifs is 6. The summed E-state index contributed by atoms with van der Waals surface area (Å²) in [6.45, 7) is 3.46. The number of methoxy groups -OCH3 is 1. The lowest BCUT2D eigenvalue weighted by Gasteiger charge is -2.17. The molecule has 5 rings (SSSR count). The molecule has 7 heteroatoms. The van der Waals surface area contributed by atoms with Crippen LogP contribution in [0, 0.1) is 5.92 Å². The molecular weight excluding hydrogens is 372 g/mol. The Balaban J connectivity index is 1.81. The van der Waals surface area contributed by atoms with Crippen LogP contribution in [0.2, 0.25) is 0 Å². The van der Waals surface area contributed by atoms with Gasteiger partial charge in [-0.3, -0.25) is 4.79 Å². The predicted octanol–water partition coefficient (Wildman–Crippen LogP) is 3.64. The second kappa shape index (κ2) is 6.83. The lowest BCUT2D eigenvalue weighted by atomic mass is 9.89. The molecule has 0 amide bonds. The number of nitrogens with one attached hydrogen (secondary N) is 1. The topological polar surface area (TPSA) is 68.5 Å². The molecule has 3 heterocycles. The van der Waals surface area contributed by atoms with Gasteiger partial charge in [0.05, 0.1) is 12.0 Å². The minimum Gasteiger partial charge on any atom is -0.383 e. The average molecular weight is 395 g/mol. The van der Waals surface area contributed by atoms with E-state index in [9.17, 15) is 4.79 Å². The first-order valence-corrected chi connectivity index (χ1v) is 10.5. The highest BCUT2D eigenvalue weighted by atomic mass is 32.1. The van der Waals surface area contributed by atoms with Crippen LogP contribution in [0.4, 0.5) is 5.82 Å². The first kappa shape index (κ1) is 17.6. The van der Waals surface area contributed by atoms with Crippen molar-refractivity contribution in [2.24, 2.45) is 5.92 Å². The first-order valence-electron chi connectivity index (χ1n) is 9.66. The number of hydrogen-bond donors (Lipinski definition) is 1. The molecule has 0 aliphatic heterocycles. The fourth-order valence-corrected chi connectivity index (χ4v) is 5.46. The minimum atomic E-state index is -0.0624. The van der Waals surface area contributed by atoms with Gasteiger partial charge in [0.15, 0.2) is 11.5 Å². The Morgan fingerprint density at radius 2 is 2.14 bits per heavy atom. The molecule has 0 spiro atoms. The molecule has 1 atom stereocenters. The fourth-order valence-electron chi connectivity index (χ4n) is 4.09. The smallest absolute Gasteiger partial charge is 0.283 e. The third-order valence-electron chi connectivity index (χ3n) is 5.53. The molecule has 0 saturated carbocycles. The van der Waals surface area contributed by atoms with E-state index in [1.165, 1.54) is 15.0 Å². The molecule has 1 N–H and O–H groups in total. The molecule has 0 fully saturated rings. The van der Waals surface area contributed by atoms with Gasteiger partial charge < -0.3 is 10.1 Å². The van der Waals surface area contributed by atoms with Crippen LogP contribution in [0.3, 0.4) is 0 Å². The quantitative estimate of drug-likeness (QED) is 0.423. The second-order valence-corrected chi connectivity index (χ2v) is 8.58. The zero-order chi connectivity index (χ0) is 19.3. The number of thiophene rings is 1. The van der Waals surface area contributed by atoms with Crippen molar-refractivity contribution in [2.75, 3.05) is 25.6 Å². The fraction of sp³-hybridized carbons (Fsp3) is 0.381. The summed E-state index contributed by atoms with van der Waals surface area (Å²) in [6.07, 6.45) is 3.11. The van der Waals surface area contributed by atoms with Crippen LogP contribution in [0.1, 0.15) is 23.8 Å². The maximum Gasteiger partial charge on any atom is 0.283 e. The van der Waals surface area contributed by atoms with Gasteiger partial charge in [0.1, 0.15) is 4.83 Å². The van der Waals surface area contributed by atoms with E-state index < -0.39 is 0 Å². The van der Waals surface area contributed by atoms with Gasteiger partial charge in [-0.25, -0.2) is 4.98 Å². The molecule has 0 saturated heterocycles. The van der Waals surface area contributed by atoms with E-state index in [2.05, 4.69) is 17.3 Å². The number of rotatable bonds is 4. The summed E-state index contributed by atoms with van der Waals surface area (Å²) >= 11 is 1.68. The second-order valence-electron chi connectivity index (χ2n) is 7.50. The highest BCUT2D eigenvalue weighted by Crippen LogP contribution is 2.36. The Kier molecular flexibility index (Phi) is 4.29. The van der Waals surface area contributed by atoms with E-state index >= 15 is 0 Å². The average Bonchev–Trinajstić information content (AvgIpc) is 3.06. The number of aryl methyl sites for hydroxylation is 1. The molecule has 1 aliphatic rings. The highest BCUT2D eigenvalue weighted by Gasteiger charge is 2.24. The number of nitrogens with zero attached hydrogens (tertiary/aromatic N) is 3. The van der Waals surface area contributed by atoms with Gasteiger partial charge >= 0.3 is 0 Å². The van der Waals surface area contributed by atoms with Gasteiger partial charge in [0.2, 0.25) is 0 Å². The Hall–Kier alpha value is -2.51. The largest absolute Gasteiger partial charge is 0.383 e. The van der Waals surface area contributed by atoms with E-state index in [4.69, 9.17) is 9.72 Å². The van der Waals surface area contributed by atoms with E-state index in [1.807, 2.05) is 24.3 Å². The van der Waals surface area contributed by atoms with Crippen molar-refractivity contribution in [3.63, 3.8) is 0 Å². The Bertz CT molecular complexity index is 1260. The van der Waals surface area contributed by atoms with Crippen LogP contribution in [-0.4, -0.2) is 34.9 Å². The Morgan fingerprint density at radius 3 is 2.96 bits per heavy atom. The molecule has 3 aromatic heterocycles. The van der Waals surface area contributed by atoms with Gasteiger partial charge in [-0.1, -0.05) is 31.2 Å². The number of benzene rings is 1. The molecule has 1 aromatic carbocycles. The van der Waals surface area contributed by atoms with Crippen LogP contribution in [0.15, 0.2) is 29.1 Å². The van der Waals surface area contributed by atoms with Crippen molar-refractivity contribution in [3.05, 3.63) is 45.1 Å². The molecule has 144 valence electrons. The normalized spacial score (nSPS) is 16.7. The number of ether oxygens (including phenoxy) is 1. The van der Waals surface area contributed by atoms with Gasteiger partial charge in [-0.2, -0.15) is 4.52 Å². The predicted molar refractivity (Wildman–Crippen MR) is 114 cm³/mol. The Morgan fingerprint density at radius 1 is 1.32 bits per heavy atom. The van der Waals surface area contributed by atoms with E-state index in [0.717, 1.165) is 40.3 Å². The maximum absolute atomic E-state index is 13.4. The monoisotopic (exact) mass is 394 g/mol. The van der Waals surface area contributed by atoms with Crippen LogP contribution in [-0.2, 0) is 17.6 Å². The number of anilines is 1. The molecule has 0 unspecified atom stereocenters. The van der Waals surface area contributed by atoms with E-state index in [0.29, 0.717) is 30.5 Å². The maximum atomic E-state index is 13.4. The first-order chi connectivity index (χ1) is 13.7. The molecule has 4 aromatic rings. The standard InChI is InChI=1S/C21H22N4O2S/c1-12-7-8-15-16(11-12)28-20-17(15)21(26)25-19(23-20)14-6-4-3-5-13(14)18(24-25)22-9-10-27-2/h3-6,12H,7-11H2,1-2H3,(H,22,24)/t12-/m0/s1. The van der Waals surface area contributed by atoms with Crippen LogP contribution in [0.5, 0.6) is 0 Å². The third kappa shape index (κ3) is 2.69. The summed E-state index contributed by atoms with van der Waals surface area (Å²) in [5.41, 5.74) is 1.75. The molecule has 0 radical (unpaired) electrons. The summed E-state index contributed by atoms with van der Waals surface area (Å²) < 4.78 is 6.61. The number of aromatic nitrogens is 3. The summed E-state index contributed by atoms with van der Waals surface area (Å²) in [6, 6.07) is 7.96. The summed E-state index contributed by atoms with van der Waals surface area (Å²) in [5.74, 6) is 1.34. The molecule has 6 nitrogen and oxygen atoms in total. The van der Waals surface area contributed by atoms with Crippen molar-refractivity contribution in [1.82, 2.24) is 14.6 Å². The van der Waals surface area contributed by atoms with Gasteiger partial charge in [-0.05, 0) is 30.7 Å². The lowest BCUT2D eigenvalue weighted by Crippen LogP contribution is -2.21. The number of hydrogen-bond acceptors (Lipinski definition) is 6. The zero-order valence-electron chi connectivity index (χ0n) is 16.0. The summed E-state index contributed by atoms with van der Waals surface area (Å²) in [7, 11) is 1.67. The highest BCUT2D eigenvalue weighted by molar-refractivity contribution is 7.18. The van der Waals surface area contributed by atoms with Gasteiger partial charge in [-0.15, -0.1) is 16.4 Å². The van der Waals surface area contributed by atoms with E-state index in [1.54, 1.807) is 18.4 Å². The molecular formula is C21H22N4O2S.